The zero-order valence-electron chi connectivity index (χ0n) is 6.58. The van der Waals surface area contributed by atoms with Crippen LogP contribution in [0.25, 0.3) is 0 Å². The highest BCUT2D eigenvalue weighted by Gasteiger charge is 2.13. The number of nitrogens with zero attached hydrogens (tertiary/aromatic N) is 1. The van der Waals surface area contributed by atoms with Crippen LogP contribution in [0.15, 0.2) is 36.7 Å². The van der Waals surface area contributed by atoms with E-state index in [9.17, 15) is 4.79 Å². The van der Waals surface area contributed by atoms with Gasteiger partial charge in [0.1, 0.15) is 0 Å². The van der Waals surface area contributed by atoms with Crippen LogP contribution in [0.3, 0.4) is 0 Å². The third-order valence-corrected chi connectivity index (χ3v) is 1.54. The number of hydrogen-bond acceptors (Lipinski definition) is 1. The van der Waals surface area contributed by atoms with E-state index in [0.717, 1.165) is 12.1 Å². The van der Waals surface area contributed by atoms with Crippen LogP contribution < -0.4 is 0 Å². The molecule has 0 N–H and O–H groups in total. The summed E-state index contributed by atoms with van der Waals surface area (Å²) < 4.78 is 0. The van der Waals surface area contributed by atoms with Gasteiger partial charge in [-0.2, -0.15) is 0 Å². The lowest BCUT2D eigenvalue weighted by Crippen LogP contribution is -2.18. The number of rotatable bonds is 1. The summed E-state index contributed by atoms with van der Waals surface area (Å²) in [5.74, 6) is 0.0480. The molecular formula is C9H11NO. The van der Waals surface area contributed by atoms with Gasteiger partial charge < -0.3 is 0 Å². The van der Waals surface area contributed by atoms with E-state index in [-0.39, 0.29) is 5.91 Å². The molecule has 1 heterocycles. The van der Waals surface area contributed by atoms with Crippen molar-refractivity contribution in [1.82, 2.24) is 4.90 Å². The second-order valence-corrected chi connectivity index (χ2v) is 2.37. The fraction of sp³-hybridized carbons (Fsp3) is 0.222. The van der Waals surface area contributed by atoms with Gasteiger partial charge in [-0.05, 0) is 6.08 Å². The normalized spacial score (nSPS) is 19.4. The van der Waals surface area contributed by atoms with Crippen molar-refractivity contribution < 1.29 is 4.79 Å². The fourth-order valence-corrected chi connectivity index (χ4v) is 1.06. The molecule has 1 rings (SSSR count). The molecule has 2 heteroatoms. The second-order valence-electron chi connectivity index (χ2n) is 2.37. The van der Waals surface area contributed by atoms with E-state index in [1.54, 1.807) is 24.1 Å². The van der Waals surface area contributed by atoms with Gasteiger partial charge in [-0.25, -0.2) is 0 Å². The zero-order chi connectivity index (χ0) is 8.27. The molecule has 1 amide bonds. The molecule has 58 valence electrons. The van der Waals surface area contributed by atoms with E-state index in [1.165, 1.54) is 0 Å². The molecule has 0 atom stereocenters. The maximum atomic E-state index is 10.9. The average Bonchev–Trinajstić information content (AvgIpc) is 2.36. The first-order chi connectivity index (χ1) is 5.25. The van der Waals surface area contributed by atoms with Crippen LogP contribution in [0, 0.1) is 0 Å². The van der Waals surface area contributed by atoms with Gasteiger partial charge in [-0.15, -0.1) is 0 Å². The Bertz CT molecular complexity index is 238. The summed E-state index contributed by atoms with van der Waals surface area (Å²) >= 11 is 0. The van der Waals surface area contributed by atoms with Crippen molar-refractivity contribution in [1.29, 1.82) is 0 Å². The molecule has 0 saturated carbocycles. The standard InChI is InChI=1S/C9H11NO/c1-3-5-9-6-4-7-10(9)8(2)11/h3-5,7H,1,6H2,2H3. The molecule has 0 aromatic rings. The van der Waals surface area contributed by atoms with Crippen LogP contribution in [-0.4, -0.2) is 10.8 Å². The third kappa shape index (κ3) is 1.58. The Hall–Kier alpha value is -1.31. The van der Waals surface area contributed by atoms with Gasteiger partial charge in [0.2, 0.25) is 5.91 Å². The quantitative estimate of drug-likeness (QED) is 0.557. The SMILES string of the molecule is C=CC=C1CC=CN1C(C)=O. The molecule has 0 aromatic carbocycles. The van der Waals surface area contributed by atoms with Gasteiger partial charge >= 0.3 is 0 Å². The van der Waals surface area contributed by atoms with Crippen molar-refractivity contribution in [2.45, 2.75) is 13.3 Å². The number of hydrogen-bond donors (Lipinski definition) is 0. The van der Waals surface area contributed by atoms with Crippen LogP contribution in [0.5, 0.6) is 0 Å². The summed E-state index contributed by atoms with van der Waals surface area (Å²) in [4.78, 5) is 12.6. The summed E-state index contributed by atoms with van der Waals surface area (Å²) in [6.07, 6.45) is 8.11. The smallest absolute Gasteiger partial charge is 0.227 e. The monoisotopic (exact) mass is 149 g/mol. The zero-order valence-corrected chi connectivity index (χ0v) is 6.58. The summed E-state index contributed by atoms with van der Waals surface area (Å²) in [6.45, 7) is 5.12. The average molecular weight is 149 g/mol. The minimum atomic E-state index is 0.0480. The lowest BCUT2D eigenvalue weighted by atomic mass is 10.3. The number of carbonyl (C=O) groups excluding carboxylic acids is 1. The van der Waals surface area contributed by atoms with Gasteiger partial charge in [0.15, 0.2) is 0 Å². The predicted molar refractivity (Wildman–Crippen MR) is 44.6 cm³/mol. The van der Waals surface area contributed by atoms with Crippen molar-refractivity contribution in [3.05, 3.63) is 36.7 Å². The van der Waals surface area contributed by atoms with E-state index >= 15 is 0 Å². The van der Waals surface area contributed by atoms with Gasteiger partial charge in [0.25, 0.3) is 0 Å². The van der Waals surface area contributed by atoms with Crippen LogP contribution in [0.2, 0.25) is 0 Å². The highest BCUT2D eigenvalue weighted by atomic mass is 16.2. The summed E-state index contributed by atoms with van der Waals surface area (Å²) in [6, 6.07) is 0. The highest BCUT2D eigenvalue weighted by molar-refractivity contribution is 5.77. The Kier molecular flexibility index (Phi) is 2.26. The molecule has 0 aliphatic carbocycles. The van der Waals surface area contributed by atoms with Crippen LogP contribution >= 0.6 is 0 Å². The number of amides is 1. The molecular weight excluding hydrogens is 138 g/mol. The maximum Gasteiger partial charge on any atom is 0.227 e. The van der Waals surface area contributed by atoms with Crippen molar-refractivity contribution in [3.8, 4) is 0 Å². The van der Waals surface area contributed by atoms with Gasteiger partial charge in [-0.3, -0.25) is 9.69 Å². The van der Waals surface area contributed by atoms with E-state index in [2.05, 4.69) is 6.58 Å². The van der Waals surface area contributed by atoms with E-state index in [4.69, 9.17) is 0 Å². The first kappa shape index (κ1) is 7.79. The number of allylic oxidation sites excluding steroid dienone is 3. The Morgan fingerprint density at radius 1 is 1.82 bits per heavy atom. The van der Waals surface area contributed by atoms with Gasteiger partial charge in [-0.1, -0.05) is 18.7 Å². The highest BCUT2D eigenvalue weighted by Crippen LogP contribution is 2.17. The first-order valence-corrected chi connectivity index (χ1v) is 3.53. The largest absolute Gasteiger partial charge is 0.292 e. The van der Waals surface area contributed by atoms with Crippen molar-refractivity contribution in [2.75, 3.05) is 0 Å². The summed E-state index contributed by atoms with van der Waals surface area (Å²) in [5.41, 5.74) is 0.993. The van der Waals surface area contributed by atoms with Crippen LogP contribution in [-0.2, 0) is 4.79 Å². The van der Waals surface area contributed by atoms with E-state index in [1.807, 2.05) is 12.2 Å². The molecule has 1 aliphatic heterocycles. The van der Waals surface area contributed by atoms with Gasteiger partial charge in [0.05, 0.1) is 0 Å². The molecule has 11 heavy (non-hydrogen) atoms. The second kappa shape index (κ2) is 3.19. The molecule has 2 nitrogen and oxygen atoms in total. The molecule has 0 fully saturated rings. The van der Waals surface area contributed by atoms with Gasteiger partial charge in [0, 0.05) is 25.2 Å². The molecule has 0 radical (unpaired) electrons. The first-order valence-electron chi connectivity index (χ1n) is 3.53. The minimum absolute atomic E-state index is 0.0480. The number of carbonyl (C=O) groups is 1. The topological polar surface area (TPSA) is 20.3 Å². The fourth-order valence-electron chi connectivity index (χ4n) is 1.06. The molecule has 0 saturated heterocycles. The van der Waals surface area contributed by atoms with E-state index < -0.39 is 0 Å². The Morgan fingerprint density at radius 2 is 2.55 bits per heavy atom. The lowest BCUT2D eigenvalue weighted by Gasteiger charge is -2.12. The molecule has 0 unspecified atom stereocenters. The van der Waals surface area contributed by atoms with E-state index in [0.29, 0.717) is 0 Å². The molecule has 0 spiro atoms. The maximum absolute atomic E-state index is 10.9. The third-order valence-electron chi connectivity index (χ3n) is 1.54. The summed E-state index contributed by atoms with van der Waals surface area (Å²) in [5, 5.41) is 0. The van der Waals surface area contributed by atoms with Crippen LogP contribution in [0.4, 0.5) is 0 Å². The lowest BCUT2D eigenvalue weighted by molar-refractivity contribution is -0.124. The predicted octanol–water partition coefficient (Wildman–Crippen LogP) is 1.82. The van der Waals surface area contributed by atoms with Crippen molar-refractivity contribution >= 4 is 5.91 Å². The molecule has 1 aliphatic rings. The van der Waals surface area contributed by atoms with Crippen molar-refractivity contribution in [3.63, 3.8) is 0 Å². The molecule has 0 bridgehead atoms. The Labute approximate surface area is 66.5 Å². The summed E-state index contributed by atoms with van der Waals surface area (Å²) in [7, 11) is 0. The molecule has 0 aromatic heterocycles. The Morgan fingerprint density at radius 3 is 3.09 bits per heavy atom. The van der Waals surface area contributed by atoms with Crippen LogP contribution in [0.1, 0.15) is 13.3 Å². The van der Waals surface area contributed by atoms with Crippen molar-refractivity contribution in [2.24, 2.45) is 0 Å². The minimum Gasteiger partial charge on any atom is -0.292 e. The Balaban J connectivity index is 2.79.